The minimum absolute atomic E-state index is 0.0648. The molecule has 0 saturated heterocycles. The standard InChI is InChI=1S/C9H17BO2/c1-5-7(4-11)6(2)9(3,12)8(5)10/h6-8,11-12H,1,4,10H2,2-3H3/t6-,7+,8-,9-/m1/s1. The van der Waals surface area contributed by atoms with E-state index in [1.807, 2.05) is 21.7 Å². The van der Waals surface area contributed by atoms with Crippen LogP contribution in [0.4, 0.5) is 0 Å². The lowest BCUT2D eigenvalue weighted by molar-refractivity contribution is 0.0124. The zero-order valence-electron chi connectivity index (χ0n) is 8.04. The maximum atomic E-state index is 10.0. The van der Waals surface area contributed by atoms with E-state index >= 15 is 0 Å². The number of aliphatic hydroxyl groups excluding tert-OH is 1. The Morgan fingerprint density at radius 2 is 2.17 bits per heavy atom. The summed E-state index contributed by atoms with van der Waals surface area (Å²) in [5.74, 6) is 0.254. The second kappa shape index (κ2) is 2.89. The molecule has 1 fully saturated rings. The molecule has 0 heterocycles. The van der Waals surface area contributed by atoms with Crippen molar-refractivity contribution < 1.29 is 10.2 Å². The summed E-state index contributed by atoms with van der Waals surface area (Å²) in [6.07, 6.45) is 0. The lowest BCUT2D eigenvalue weighted by Crippen LogP contribution is -2.33. The van der Waals surface area contributed by atoms with Gasteiger partial charge in [0.1, 0.15) is 7.85 Å². The van der Waals surface area contributed by atoms with Crippen molar-refractivity contribution in [3.63, 3.8) is 0 Å². The van der Waals surface area contributed by atoms with Gasteiger partial charge in [0.05, 0.1) is 5.60 Å². The van der Waals surface area contributed by atoms with Gasteiger partial charge in [0.25, 0.3) is 0 Å². The molecule has 0 amide bonds. The summed E-state index contributed by atoms with van der Waals surface area (Å²) in [5, 5.41) is 19.1. The Balaban J connectivity index is 2.94. The first kappa shape index (κ1) is 9.81. The van der Waals surface area contributed by atoms with Crippen molar-refractivity contribution in [3.8, 4) is 0 Å². The molecule has 0 aliphatic heterocycles. The molecule has 2 N–H and O–H groups in total. The first-order valence-electron chi connectivity index (χ1n) is 4.44. The van der Waals surface area contributed by atoms with E-state index in [-0.39, 0.29) is 24.3 Å². The van der Waals surface area contributed by atoms with E-state index in [9.17, 15) is 5.11 Å². The normalized spacial score (nSPS) is 48.3. The second-order valence-electron chi connectivity index (χ2n) is 4.10. The van der Waals surface area contributed by atoms with Gasteiger partial charge < -0.3 is 10.2 Å². The van der Waals surface area contributed by atoms with Gasteiger partial charge in [-0.1, -0.05) is 19.1 Å². The molecule has 0 spiro atoms. The molecule has 0 aromatic carbocycles. The maximum absolute atomic E-state index is 10.0. The third-order valence-corrected chi connectivity index (χ3v) is 3.63. The molecule has 68 valence electrons. The van der Waals surface area contributed by atoms with Crippen molar-refractivity contribution in [1.82, 2.24) is 0 Å². The zero-order chi connectivity index (χ0) is 9.52. The van der Waals surface area contributed by atoms with Crippen LogP contribution in [0.15, 0.2) is 12.2 Å². The Morgan fingerprint density at radius 1 is 1.67 bits per heavy atom. The molecule has 1 rings (SSSR count). The van der Waals surface area contributed by atoms with Gasteiger partial charge in [-0.25, -0.2) is 0 Å². The summed E-state index contributed by atoms with van der Waals surface area (Å²) in [5.41, 5.74) is 0.278. The second-order valence-corrected chi connectivity index (χ2v) is 4.10. The van der Waals surface area contributed by atoms with Gasteiger partial charge in [0.15, 0.2) is 0 Å². The molecule has 4 atom stereocenters. The largest absolute Gasteiger partial charge is 0.396 e. The molecule has 0 aromatic heterocycles. The average molecular weight is 168 g/mol. The van der Waals surface area contributed by atoms with Crippen molar-refractivity contribution in [3.05, 3.63) is 12.2 Å². The van der Waals surface area contributed by atoms with E-state index in [0.717, 1.165) is 5.57 Å². The summed E-state index contributed by atoms with van der Waals surface area (Å²) in [4.78, 5) is 0. The van der Waals surface area contributed by atoms with E-state index in [1.165, 1.54) is 0 Å². The van der Waals surface area contributed by atoms with Gasteiger partial charge in [-0.15, -0.1) is 0 Å². The fourth-order valence-corrected chi connectivity index (χ4v) is 2.09. The third kappa shape index (κ3) is 1.12. The van der Waals surface area contributed by atoms with Crippen LogP contribution in [0.25, 0.3) is 0 Å². The molecule has 1 aliphatic carbocycles. The molecule has 2 nitrogen and oxygen atoms in total. The predicted molar refractivity (Wildman–Crippen MR) is 51.8 cm³/mol. The van der Waals surface area contributed by atoms with Crippen LogP contribution in [0, 0.1) is 11.8 Å². The highest BCUT2D eigenvalue weighted by Crippen LogP contribution is 2.49. The van der Waals surface area contributed by atoms with Crippen LogP contribution >= 0.6 is 0 Å². The minimum atomic E-state index is -0.704. The highest BCUT2D eigenvalue weighted by Gasteiger charge is 2.48. The van der Waals surface area contributed by atoms with Crippen molar-refractivity contribution in [2.24, 2.45) is 11.8 Å². The topological polar surface area (TPSA) is 40.5 Å². The molecule has 0 bridgehead atoms. The van der Waals surface area contributed by atoms with Gasteiger partial charge in [-0.3, -0.25) is 0 Å². The van der Waals surface area contributed by atoms with Gasteiger partial charge in [0.2, 0.25) is 0 Å². The molecule has 0 unspecified atom stereocenters. The molecule has 0 aromatic rings. The third-order valence-electron chi connectivity index (χ3n) is 3.63. The summed E-state index contributed by atoms with van der Waals surface area (Å²) in [7, 11) is 1.97. The Kier molecular flexibility index (Phi) is 2.36. The predicted octanol–water partition coefficient (Wildman–Crippen LogP) is -0.0266. The highest BCUT2D eigenvalue weighted by atomic mass is 16.3. The van der Waals surface area contributed by atoms with Gasteiger partial charge in [0, 0.05) is 12.5 Å². The zero-order valence-corrected chi connectivity index (χ0v) is 8.04. The lowest BCUT2D eigenvalue weighted by Gasteiger charge is -2.27. The Hall–Kier alpha value is -0.275. The van der Waals surface area contributed by atoms with E-state index in [1.54, 1.807) is 0 Å². The first-order valence-corrected chi connectivity index (χ1v) is 4.44. The van der Waals surface area contributed by atoms with Crippen molar-refractivity contribution in [2.45, 2.75) is 25.3 Å². The Labute approximate surface area is 74.7 Å². The van der Waals surface area contributed by atoms with Crippen LogP contribution in [0.2, 0.25) is 5.82 Å². The number of rotatable bonds is 1. The molecule has 3 heteroatoms. The van der Waals surface area contributed by atoms with E-state index in [0.29, 0.717) is 0 Å². The summed E-state index contributed by atoms with van der Waals surface area (Å²) in [6.45, 7) is 7.80. The number of aliphatic hydroxyl groups is 2. The van der Waals surface area contributed by atoms with E-state index in [2.05, 4.69) is 6.58 Å². The van der Waals surface area contributed by atoms with Gasteiger partial charge in [-0.2, -0.15) is 0 Å². The van der Waals surface area contributed by atoms with Gasteiger partial charge >= 0.3 is 0 Å². The van der Waals surface area contributed by atoms with Crippen molar-refractivity contribution >= 4 is 7.85 Å². The lowest BCUT2D eigenvalue weighted by atomic mass is 9.73. The molecule has 0 radical (unpaired) electrons. The summed E-state index contributed by atoms with van der Waals surface area (Å²) < 4.78 is 0. The molecule has 1 aliphatic rings. The molecular formula is C9H17BO2. The molecular weight excluding hydrogens is 151 g/mol. The monoisotopic (exact) mass is 168 g/mol. The van der Waals surface area contributed by atoms with E-state index < -0.39 is 5.60 Å². The maximum Gasteiger partial charge on any atom is 0.114 e. The Morgan fingerprint density at radius 3 is 2.33 bits per heavy atom. The van der Waals surface area contributed by atoms with Crippen molar-refractivity contribution in [2.75, 3.05) is 6.61 Å². The molecule has 12 heavy (non-hydrogen) atoms. The highest BCUT2D eigenvalue weighted by molar-refractivity contribution is 6.15. The van der Waals surface area contributed by atoms with Crippen LogP contribution in [-0.2, 0) is 0 Å². The fourth-order valence-electron chi connectivity index (χ4n) is 2.09. The van der Waals surface area contributed by atoms with E-state index in [4.69, 9.17) is 5.11 Å². The number of hydrogen-bond donors (Lipinski definition) is 2. The minimum Gasteiger partial charge on any atom is -0.396 e. The Bertz CT molecular complexity index is 201. The summed E-state index contributed by atoms with van der Waals surface area (Å²) in [6, 6.07) is 0. The molecule has 1 saturated carbocycles. The first-order chi connectivity index (χ1) is 5.42. The smallest absolute Gasteiger partial charge is 0.114 e. The fraction of sp³-hybridized carbons (Fsp3) is 0.778. The average Bonchev–Trinajstić information content (AvgIpc) is 2.15. The van der Waals surface area contributed by atoms with Crippen LogP contribution < -0.4 is 0 Å². The summed E-state index contributed by atoms with van der Waals surface area (Å²) >= 11 is 0. The SMILES string of the molecule is B[C@@H]1C(=C)[C@H](CO)[C@@H](C)[C@@]1(C)O. The van der Waals surface area contributed by atoms with Crippen molar-refractivity contribution in [1.29, 1.82) is 0 Å². The van der Waals surface area contributed by atoms with Crippen LogP contribution in [0.3, 0.4) is 0 Å². The van der Waals surface area contributed by atoms with Crippen LogP contribution in [0.5, 0.6) is 0 Å². The quantitative estimate of drug-likeness (QED) is 0.426. The van der Waals surface area contributed by atoms with Crippen LogP contribution in [-0.4, -0.2) is 30.3 Å². The van der Waals surface area contributed by atoms with Gasteiger partial charge in [-0.05, 0) is 18.7 Å². The number of hydrogen-bond acceptors (Lipinski definition) is 2. The van der Waals surface area contributed by atoms with Crippen LogP contribution in [0.1, 0.15) is 13.8 Å².